The molecule has 0 aromatic carbocycles. The Morgan fingerprint density at radius 3 is 3.12 bits per heavy atom. The average Bonchev–Trinajstić information content (AvgIpc) is 2.85. The topological polar surface area (TPSA) is 85.5 Å². The van der Waals surface area contributed by atoms with E-state index in [1.165, 1.54) is 0 Å². The van der Waals surface area contributed by atoms with Crippen molar-refractivity contribution in [1.82, 2.24) is 10.1 Å². The van der Waals surface area contributed by atoms with E-state index in [1.54, 1.807) is 0 Å². The van der Waals surface area contributed by atoms with Crippen molar-refractivity contribution in [3.63, 3.8) is 0 Å². The van der Waals surface area contributed by atoms with E-state index in [-0.39, 0.29) is 12.5 Å². The molecule has 88 valence electrons. The summed E-state index contributed by atoms with van der Waals surface area (Å²) in [5.74, 6) is 0.272. The molecule has 6 heteroatoms. The molecule has 16 heavy (non-hydrogen) atoms. The molecular weight excluding hydrogens is 212 g/mol. The van der Waals surface area contributed by atoms with Crippen molar-refractivity contribution < 1.29 is 19.2 Å². The molecule has 1 unspecified atom stereocenters. The number of carboxylic acid groups (broad SMARTS) is 1. The van der Waals surface area contributed by atoms with Gasteiger partial charge in [-0.25, -0.2) is 0 Å². The van der Waals surface area contributed by atoms with Gasteiger partial charge in [0.25, 0.3) is 0 Å². The third kappa shape index (κ3) is 2.79. The number of rotatable bonds is 5. The second-order valence-electron chi connectivity index (χ2n) is 3.80. The second kappa shape index (κ2) is 5.07. The largest absolute Gasteiger partial charge is 0.481 e. The van der Waals surface area contributed by atoms with Crippen LogP contribution in [0.4, 0.5) is 0 Å². The highest BCUT2D eigenvalue weighted by Crippen LogP contribution is 2.26. The lowest BCUT2D eigenvalue weighted by Crippen LogP contribution is -1.99. The van der Waals surface area contributed by atoms with Crippen molar-refractivity contribution in [2.75, 3.05) is 6.61 Å². The summed E-state index contributed by atoms with van der Waals surface area (Å²) in [7, 11) is 0. The summed E-state index contributed by atoms with van der Waals surface area (Å²) >= 11 is 0. The van der Waals surface area contributed by atoms with Crippen LogP contribution in [0.5, 0.6) is 0 Å². The Morgan fingerprint density at radius 2 is 2.44 bits per heavy atom. The number of aromatic nitrogens is 2. The van der Waals surface area contributed by atoms with Crippen molar-refractivity contribution in [3.05, 3.63) is 11.7 Å². The van der Waals surface area contributed by atoms with Gasteiger partial charge in [0.2, 0.25) is 11.7 Å². The minimum Gasteiger partial charge on any atom is -0.481 e. The van der Waals surface area contributed by atoms with E-state index in [1.807, 2.05) is 0 Å². The highest BCUT2D eigenvalue weighted by Gasteiger charge is 2.22. The highest BCUT2D eigenvalue weighted by atomic mass is 16.5. The molecule has 0 amide bonds. The molecule has 2 rings (SSSR count). The van der Waals surface area contributed by atoms with Crippen molar-refractivity contribution in [1.29, 1.82) is 0 Å². The Hall–Kier alpha value is -1.43. The molecule has 0 radical (unpaired) electrons. The van der Waals surface area contributed by atoms with E-state index in [0.29, 0.717) is 24.6 Å². The van der Waals surface area contributed by atoms with Crippen LogP contribution < -0.4 is 0 Å². The van der Waals surface area contributed by atoms with Crippen LogP contribution in [-0.2, 0) is 16.0 Å². The molecule has 1 atom stereocenters. The van der Waals surface area contributed by atoms with Gasteiger partial charge in [-0.2, -0.15) is 4.98 Å². The summed E-state index contributed by atoms with van der Waals surface area (Å²) < 4.78 is 10.4. The van der Waals surface area contributed by atoms with Crippen LogP contribution in [-0.4, -0.2) is 27.8 Å². The predicted molar refractivity (Wildman–Crippen MR) is 52.8 cm³/mol. The van der Waals surface area contributed by atoms with Gasteiger partial charge in [0.05, 0.1) is 0 Å². The predicted octanol–water partition coefficient (Wildman–Crippen LogP) is 1.33. The molecule has 0 bridgehead atoms. The lowest BCUT2D eigenvalue weighted by molar-refractivity contribution is -0.137. The molecule has 0 saturated carbocycles. The van der Waals surface area contributed by atoms with Crippen molar-refractivity contribution in [2.24, 2.45) is 0 Å². The molecule has 1 aromatic heterocycles. The molecule has 0 spiro atoms. The molecule has 1 N–H and O–H groups in total. The van der Waals surface area contributed by atoms with E-state index < -0.39 is 5.97 Å². The van der Waals surface area contributed by atoms with Gasteiger partial charge in [-0.05, 0) is 19.3 Å². The summed E-state index contributed by atoms with van der Waals surface area (Å²) in [6, 6.07) is 0. The molecule has 1 saturated heterocycles. The van der Waals surface area contributed by atoms with E-state index >= 15 is 0 Å². The first-order chi connectivity index (χ1) is 7.75. The third-order valence-corrected chi connectivity index (χ3v) is 2.48. The Labute approximate surface area is 92.6 Å². The lowest BCUT2D eigenvalue weighted by atomic mass is 10.2. The van der Waals surface area contributed by atoms with Gasteiger partial charge in [0, 0.05) is 19.4 Å². The van der Waals surface area contributed by atoms with Gasteiger partial charge in [0.15, 0.2) is 0 Å². The van der Waals surface area contributed by atoms with Crippen LogP contribution in [0.3, 0.4) is 0 Å². The third-order valence-electron chi connectivity index (χ3n) is 2.48. The minimum atomic E-state index is -0.807. The van der Waals surface area contributed by atoms with Gasteiger partial charge in [0.1, 0.15) is 6.10 Å². The van der Waals surface area contributed by atoms with Crippen LogP contribution in [0.25, 0.3) is 0 Å². The zero-order valence-corrected chi connectivity index (χ0v) is 8.89. The quantitative estimate of drug-likeness (QED) is 0.815. The molecule has 1 aromatic rings. The number of ether oxygens (including phenoxy) is 1. The number of hydrogen-bond acceptors (Lipinski definition) is 5. The van der Waals surface area contributed by atoms with Crippen LogP contribution in [0.15, 0.2) is 4.52 Å². The SMILES string of the molecule is O=C(O)CCCc1nc(C2CCCO2)no1. The summed E-state index contributed by atoms with van der Waals surface area (Å²) in [5, 5.41) is 12.3. The monoisotopic (exact) mass is 226 g/mol. The van der Waals surface area contributed by atoms with Gasteiger partial charge in [-0.15, -0.1) is 0 Å². The molecule has 2 heterocycles. The number of aryl methyl sites for hydroxylation is 1. The average molecular weight is 226 g/mol. The van der Waals surface area contributed by atoms with Crippen LogP contribution in [0.2, 0.25) is 0 Å². The second-order valence-corrected chi connectivity index (χ2v) is 3.80. The summed E-state index contributed by atoms with van der Waals surface area (Å²) in [5.41, 5.74) is 0. The maximum Gasteiger partial charge on any atom is 0.303 e. The molecule has 0 aliphatic carbocycles. The normalized spacial score (nSPS) is 20.1. The minimum absolute atomic E-state index is 0.0445. The van der Waals surface area contributed by atoms with Gasteiger partial charge in [-0.1, -0.05) is 5.16 Å². The molecule has 1 aliphatic heterocycles. The van der Waals surface area contributed by atoms with Gasteiger partial charge < -0.3 is 14.4 Å². The van der Waals surface area contributed by atoms with Crippen molar-refractivity contribution in [2.45, 2.75) is 38.2 Å². The van der Waals surface area contributed by atoms with Crippen molar-refractivity contribution >= 4 is 5.97 Å². The summed E-state index contributed by atoms with van der Waals surface area (Å²) in [6.45, 7) is 0.744. The van der Waals surface area contributed by atoms with Crippen LogP contribution >= 0.6 is 0 Å². The van der Waals surface area contributed by atoms with E-state index in [4.69, 9.17) is 14.4 Å². The number of nitrogens with zero attached hydrogens (tertiary/aromatic N) is 2. The van der Waals surface area contributed by atoms with E-state index in [9.17, 15) is 4.79 Å². The van der Waals surface area contributed by atoms with Crippen molar-refractivity contribution in [3.8, 4) is 0 Å². The van der Waals surface area contributed by atoms with E-state index in [2.05, 4.69) is 10.1 Å². The fourth-order valence-corrected chi connectivity index (χ4v) is 1.67. The number of aliphatic carboxylic acids is 1. The zero-order chi connectivity index (χ0) is 11.4. The van der Waals surface area contributed by atoms with E-state index in [0.717, 1.165) is 19.4 Å². The number of hydrogen-bond donors (Lipinski definition) is 1. The van der Waals surface area contributed by atoms with Crippen LogP contribution in [0, 0.1) is 0 Å². The highest BCUT2D eigenvalue weighted by molar-refractivity contribution is 5.66. The number of carboxylic acids is 1. The molecule has 1 fully saturated rings. The standard InChI is InChI=1S/C10H14N2O4/c13-9(14)5-1-4-8-11-10(12-16-8)7-3-2-6-15-7/h7H,1-6H2,(H,13,14). The first-order valence-electron chi connectivity index (χ1n) is 5.41. The Morgan fingerprint density at radius 1 is 1.56 bits per heavy atom. The fraction of sp³-hybridized carbons (Fsp3) is 0.700. The molecule has 6 nitrogen and oxygen atoms in total. The first kappa shape index (κ1) is 11.1. The maximum absolute atomic E-state index is 10.3. The summed E-state index contributed by atoms with van der Waals surface area (Å²) in [4.78, 5) is 14.5. The summed E-state index contributed by atoms with van der Waals surface area (Å²) in [6.07, 6.45) is 3.05. The van der Waals surface area contributed by atoms with Gasteiger partial charge >= 0.3 is 5.97 Å². The zero-order valence-electron chi connectivity index (χ0n) is 8.89. The Balaban J connectivity index is 1.84. The first-order valence-corrected chi connectivity index (χ1v) is 5.41. The molecule has 1 aliphatic rings. The van der Waals surface area contributed by atoms with Crippen LogP contribution in [0.1, 0.15) is 43.5 Å². The van der Waals surface area contributed by atoms with Gasteiger partial charge in [-0.3, -0.25) is 4.79 Å². The smallest absolute Gasteiger partial charge is 0.303 e. The number of carbonyl (C=O) groups is 1. The Kier molecular flexibility index (Phi) is 3.51. The Bertz CT molecular complexity index is 357. The fourth-order valence-electron chi connectivity index (χ4n) is 1.67. The lowest BCUT2D eigenvalue weighted by Gasteiger charge is -2.00. The maximum atomic E-state index is 10.3. The molecular formula is C10H14N2O4.